The topological polar surface area (TPSA) is 90.0 Å². The zero-order valence-electron chi connectivity index (χ0n) is 17.8. The highest BCUT2D eigenvalue weighted by Gasteiger charge is 2.35. The molecule has 3 aromatic carbocycles. The van der Waals surface area contributed by atoms with E-state index in [0.29, 0.717) is 16.3 Å². The van der Waals surface area contributed by atoms with Gasteiger partial charge in [-0.3, -0.25) is 14.5 Å². The summed E-state index contributed by atoms with van der Waals surface area (Å²) in [6.45, 7) is 0.127. The minimum atomic E-state index is -4.07. The Balaban J connectivity index is 1.51. The molecule has 3 aromatic rings. The van der Waals surface area contributed by atoms with E-state index in [1.807, 2.05) is 0 Å². The smallest absolute Gasteiger partial charge is 0.339 e. The summed E-state index contributed by atoms with van der Waals surface area (Å²) in [5.41, 5.74) is 1.28. The van der Waals surface area contributed by atoms with Crippen LogP contribution < -0.4 is 8.92 Å². The van der Waals surface area contributed by atoms with Crippen LogP contribution in [0.5, 0.6) is 11.5 Å². The summed E-state index contributed by atoms with van der Waals surface area (Å²) >= 11 is 6.71. The van der Waals surface area contributed by atoms with E-state index < -0.39 is 16.0 Å². The molecule has 0 radical (unpaired) electrons. The Hall–Kier alpha value is -3.27. The summed E-state index contributed by atoms with van der Waals surface area (Å²) in [7, 11) is -2.58. The largest absolute Gasteiger partial charge is 0.497 e. The number of rotatable bonds is 7. The molecule has 1 aliphatic rings. The van der Waals surface area contributed by atoms with Crippen molar-refractivity contribution in [1.29, 1.82) is 0 Å². The van der Waals surface area contributed by atoms with Gasteiger partial charge in [-0.25, -0.2) is 0 Å². The maximum atomic E-state index is 12.8. The summed E-state index contributed by atoms with van der Waals surface area (Å²) in [4.78, 5) is 26.5. The van der Waals surface area contributed by atoms with E-state index in [-0.39, 0.29) is 27.3 Å². The lowest BCUT2D eigenvalue weighted by molar-refractivity contribution is -0.123. The maximum absolute atomic E-state index is 12.8. The third kappa shape index (κ3) is 5.44. The Morgan fingerprint density at radius 1 is 0.971 bits per heavy atom. The highest BCUT2D eigenvalue weighted by Crippen LogP contribution is 2.34. The molecule has 0 unspecified atom stereocenters. The van der Waals surface area contributed by atoms with Crippen molar-refractivity contribution in [3.63, 3.8) is 0 Å². The molecule has 1 aliphatic heterocycles. The molecule has 0 saturated carbocycles. The van der Waals surface area contributed by atoms with Gasteiger partial charge in [-0.05, 0) is 77.5 Å². The molecule has 1 heterocycles. The fourth-order valence-corrected chi connectivity index (χ4v) is 5.02. The molecule has 1 saturated heterocycles. The molecule has 34 heavy (non-hydrogen) atoms. The van der Waals surface area contributed by atoms with Gasteiger partial charge >= 0.3 is 10.1 Å². The number of methoxy groups -OCH3 is 1. The lowest BCUT2D eigenvalue weighted by Crippen LogP contribution is -2.27. The van der Waals surface area contributed by atoms with Crippen molar-refractivity contribution in [1.82, 2.24) is 4.90 Å². The Kier molecular flexibility index (Phi) is 6.97. The number of thioether (sulfide) groups is 1. The van der Waals surface area contributed by atoms with Crippen molar-refractivity contribution in [3.8, 4) is 11.5 Å². The Morgan fingerprint density at radius 2 is 1.68 bits per heavy atom. The zero-order chi connectivity index (χ0) is 24.3. The van der Waals surface area contributed by atoms with E-state index in [1.54, 1.807) is 36.4 Å². The molecule has 4 rings (SSSR count). The van der Waals surface area contributed by atoms with Gasteiger partial charge in [-0.2, -0.15) is 8.42 Å². The van der Waals surface area contributed by atoms with Gasteiger partial charge in [-0.1, -0.05) is 35.9 Å². The van der Waals surface area contributed by atoms with Crippen LogP contribution in [-0.2, 0) is 21.5 Å². The van der Waals surface area contributed by atoms with Crippen LogP contribution in [0.1, 0.15) is 11.1 Å². The van der Waals surface area contributed by atoms with E-state index in [4.69, 9.17) is 20.5 Å². The Labute approximate surface area is 206 Å². The summed E-state index contributed by atoms with van der Waals surface area (Å²) < 4.78 is 35.5. The van der Waals surface area contributed by atoms with Gasteiger partial charge in [0.1, 0.15) is 16.4 Å². The molecule has 1 fully saturated rings. The first kappa shape index (κ1) is 23.9. The molecule has 7 nitrogen and oxygen atoms in total. The molecule has 0 aromatic heterocycles. The summed E-state index contributed by atoms with van der Waals surface area (Å²) in [5, 5.41) is 0.176. The number of carbonyl (C=O) groups is 2. The van der Waals surface area contributed by atoms with Gasteiger partial charge in [0.25, 0.3) is 11.1 Å². The molecule has 0 N–H and O–H groups in total. The number of halogens is 1. The van der Waals surface area contributed by atoms with Crippen LogP contribution in [0.4, 0.5) is 4.79 Å². The summed E-state index contributed by atoms with van der Waals surface area (Å²) in [5.74, 6) is 0.165. The first-order valence-corrected chi connectivity index (χ1v) is 12.5. The average Bonchev–Trinajstić information content (AvgIpc) is 3.07. The number of hydrogen-bond acceptors (Lipinski definition) is 7. The number of hydrogen-bond donors (Lipinski definition) is 0. The molecule has 0 atom stereocenters. The monoisotopic (exact) mass is 515 g/mol. The predicted octanol–water partition coefficient (Wildman–Crippen LogP) is 5.35. The van der Waals surface area contributed by atoms with Crippen LogP contribution in [0.3, 0.4) is 0 Å². The number of benzene rings is 3. The number of ether oxygens (including phenoxy) is 1. The number of carbonyl (C=O) groups excluding carboxylic acids is 2. The van der Waals surface area contributed by atoms with Crippen molar-refractivity contribution >= 4 is 50.7 Å². The minimum absolute atomic E-state index is 0.0259. The first-order valence-electron chi connectivity index (χ1n) is 9.93. The predicted molar refractivity (Wildman–Crippen MR) is 130 cm³/mol. The highest BCUT2D eigenvalue weighted by molar-refractivity contribution is 8.18. The van der Waals surface area contributed by atoms with Gasteiger partial charge in [0.15, 0.2) is 0 Å². The van der Waals surface area contributed by atoms with Crippen LogP contribution in [-0.4, -0.2) is 31.6 Å². The van der Waals surface area contributed by atoms with Crippen molar-refractivity contribution in [2.75, 3.05) is 7.11 Å². The van der Waals surface area contributed by atoms with Crippen molar-refractivity contribution in [3.05, 3.63) is 93.9 Å². The molecule has 0 bridgehead atoms. The molecular weight excluding hydrogens is 498 g/mol. The molecule has 0 aliphatic carbocycles. The van der Waals surface area contributed by atoms with Gasteiger partial charge in [0, 0.05) is 5.02 Å². The number of imide groups is 1. The fraction of sp³-hybridized carbons (Fsp3) is 0.0833. The second kappa shape index (κ2) is 9.92. The Bertz CT molecular complexity index is 1370. The first-order chi connectivity index (χ1) is 16.2. The van der Waals surface area contributed by atoms with Gasteiger partial charge < -0.3 is 8.92 Å². The average molecular weight is 516 g/mol. The lowest BCUT2D eigenvalue weighted by atomic mass is 10.2. The van der Waals surface area contributed by atoms with E-state index in [2.05, 4.69) is 0 Å². The number of amides is 2. The van der Waals surface area contributed by atoms with Crippen LogP contribution in [0, 0.1) is 0 Å². The van der Waals surface area contributed by atoms with Crippen LogP contribution >= 0.6 is 23.4 Å². The minimum Gasteiger partial charge on any atom is -0.497 e. The SMILES string of the molecule is COc1ccc(S(=O)(=O)Oc2cccc(/C=C3\SC(=O)N(Cc4ccc(Cl)cc4)C3=O)c2)cc1. The second-order valence-electron chi connectivity index (χ2n) is 7.18. The third-order valence-corrected chi connectivity index (χ3v) is 7.26. The summed E-state index contributed by atoms with van der Waals surface area (Å²) in [6.07, 6.45) is 1.53. The van der Waals surface area contributed by atoms with E-state index in [9.17, 15) is 18.0 Å². The molecule has 174 valence electrons. The zero-order valence-corrected chi connectivity index (χ0v) is 20.2. The molecule has 10 heteroatoms. The van der Waals surface area contributed by atoms with Gasteiger partial charge in [-0.15, -0.1) is 0 Å². The maximum Gasteiger partial charge on any atom is 0.339 e. The third-order valence-electron chi connectivity index (χ3n) is 4.84. The van der Waals surface area contributed by atoms with Crippen LogP contribution in [0.15, 0.2) is 82.6 Å². The van der Waals surface area contributed by atoms with Gasteiger partial charge in [0.2, 0.25) is 0 Å². The van der Waals surface area contributed by atoms with Crippen molar-refractivity contribution in [2.24, 2.45) is 0 Å². The van der Waals surface area contributed by atoms with Crippen LogP contribution in [0.25, 0.3) is 6.08 Å². The number of nitrogens with zero attached hydrogens (tertiary/aromatic N) is 1. The molecule has 0 spiro atoms. The fourth-order valence-electron chi connectivity index (χ4n) is 3.13. The molecular formula is C24H18ClNO6S2. The van der Waals surface area contributed by atoms with Crippen molar-refractivity contribution in [2.45, 2.75) is 11.4 Å². The molecule has 2 amide bonds. The van der Waals surface area contributed by atoms with E-state index in [0.717, 1.165) is 22.2 Å². The van der Waals surface area contributed by atoms with E-state index >= 15 is 0 Å². The quantitative estimate of drug-likeness (QED) is 0.309. The summed E-state index contributed by atoms with van der Waals surface area (Å²) in [6, 6.07) is 18.9. The van der Waals surface area contributed by atoms with Gasteiger partial charge in [0.05, 0.1) is 18.6 Å². The standard InChI is InChI=1S/C24H18ClNO6S2/c1-31-19-9-11-21(12-10-19)34(29,30)32-20-4-2-3-17(13-20)14-22-23(27)26(24(28)33-22)15-16-5-7-18(25)8-6-16/h2-14H,15H2,1H3/b22-14-. The normalized spacial score (nSPS) is 15.1. The second-order valence-corrected chi connectivity index (χ2v) is 10.2. The van der Waals surface area contributed by atoms with Crippen LogP contribution in [0.2, 0.25) is 5.02 Å². The van der Waals surface area contributed by atoms with E-state index in [1.165, 1.54) is 49.6 Å². The Morgan fingerprint density at radius 3 is 2.35 bits per heavy atom. The highest BCUT2D eigenvalue weighted by atomic mass is 35.5. The lowest BCUT2D eigenvalue weighted by Gasteiger charge is -2.12. The van der Waals surface area contributed by atoms with Crippen molar-refractivity contribution < 1.29 is 26.9 Å².